The zero-order valence-corrected chi connectivity index (χ0v) is 19.7. The van der Waals surface area contributed by atoms with Crippen LogP contribution in [0.4, 0.5) is 0 Å². The van der Waals surface area contributed by atoms with Crippen LogP contribution in [-0.4, -0.2) is 13.3 Å². The Morgan fingerprint density at radius 2 is 1.04 bits per heavy atom. The first-order valence-electron chi connectivity index (χ1n) is 10.9. The third-order valence-electron chi connectivity index (χ3n) is 5.65. The SMILES string of the molecule is CCC[CH2][Ge]([CH2]CCC)([CH2]CCC)[c]1ccc(C#Cc2ccccc2)cc1. The van der Waals surface area contributed by atoms with Gasteiger partial charge in [0.05, 0.1) is 0 Å². The summed E-state index contributed by atoms with van der Waals surface area (Å²) in [6.45, 7) is 7.03. The Hall–Kier alpha value is -1.46. The van der Waals surface area contributed by atoms with Gasteiger partial charge in [-0.05, 0) is 0 Å². The van der Waals surface area contributed by atoms with Crippen LogP contribution in [0.3, 0.4) is 0 Å². The Balaban J connectivity index is 2.24. The molecule has 0 unspecified atom stereocenters. The molecule has 2 aromatic carbocycles. The van der Waals surface area contributed by atoms with Gasteiger partial charge < -0.3 is 0 Å². The van der Waals surface area contributed by atoms with Gasteiger partial charge in [-0.15, -0.1) is 0 Å². The minimum atomic E-state index is -2.00. The van der Waals surface area contributed by atoms with E-state index in [4.69, 9.17) is 0 Å². The molecule has 0 aliphatic heterocycles. The molecule has 0 aliphatic rings. The van der Waals surface area contributed by atoms with Gasteiger partial charge in [0.25, 0.3) is 0 Å². The number of hydrogen-bond donors (Lipinski definition) is 0. The first-order chi connectivity index (χ1) is 13.2. The molecule has 0 N–H and O–H groups in total. The van der Waals surface area contributed by atoms with E-state index in [1.807, 2.05) is 18.2 Å². The summed E-state index contributed by atoms with van der Waals surface area (Å²) >= 11 is -2.00. The molecule has 27 heavy (non-hydrogen) atoms. The molecule has 0 nitrogen and oxygen atoms in total. The molecule has 144 valence electrons. The molecule has 0 heterocycles. The zero-order chi connectivity index (χ0) is 19.4. The van der Waals surface area contributed by atoms with Crippen LogP contribution in [-0.2, 0) is 0 Å². The number of unbranched alkanes of at least 4 members (excludes halogenated alkanes) is 3. The van der Waals surface area contributed by atoms with Gasteiger partial charge in [0.1, 0.15) is 0 Å². The van der Waals surface area contributed by atoms with E-state index in [0.717, 1.165) is 11.1 Å². The molecule has 0 aromatic heterocycles. The van der Waals surface area contributed by atoms with Gasteiger partial charge in [-0.25, -0.2) is 0 Å². The molecule has 0 aliphatic carbocycles. The van der Waals surface area contributed by atoms with Crippen LogP contribution < -0.4 is 4.40 Å². The van der Waals surface area contributed by atoms with Gasteiger partial charge in [-0.1, -0.05) is 0 Å². The van der Waals surface area contributed by atoms with Crippen LogP contribution in [0.25, 0.3) is 0 Å². The van der Waals surface area contributed by atoms with Gasteiger partial charge in [0.15, 0.2) is 0 Å². The summed E-state index contributed by atoms with van der Waals surface area (Å²) in [6.07, 6.45) is 8.19. The van der Waals surface area contributed by atoms with E-state index in [2.05, 4.69) is 69.0 Å². The van der Waals surface area contributed by atoms with Crippen LogP contribution in [0.5, 0.6) is 0 Å². The number of rotatable bonds is 10. The normalized spacial score (nSPS) is 11.1. The van der Waals surface area contributed by atoms with Crippen molar-refractivity contribution in [3.05, 3.63) is 65.7 Å². The predicted octanol–water partition coefficient (Wildman–Crippen LogP) is 7.14. The first kappa shape index (κ1) is 21.8. The molecule has 2 rings (SSSR count). The molecule has 0 saturated heterocycles. The summed E-state index contributed by atoms with van der Waals surface area (Å²) in [6, 6.07) is 19.7. The van der Waals surface area contributed by atoms with E-state index in [1.54, 1.807) is 4.40 Å². The van der Waals surface area contributed by atoms with Crippen molar-refractivity contribution in [3.8, 4) is 11.8 Å². The van der Waals surface area contributed by atoms with Crippen molar-refractivity contribution in [2.24, 2.45) is 0 Å². The van der Waals surface area contributed by atoms with Gasteiger partial charge in [0, 0.05) is 0 Å². The second-order valence-electron chi connectivity index (χ2n) is 7.78. The Labute approximate surface area is 170 Å². The molecule has 2 aromatic rings. The minimum absolute atomic E-state index is 1.09. The van der Waals surface area contributed by atoms with E-state index < -0.39 is 13.3 Å². The molecule has 1 heteroatoms. The van der Waals surface area contributed by atoms with Gasteiger partial charge in [-0.2, -0.15) is 0 Å². The third-order valence-corrected chi connectivity index (χ3v) is 17.2. The quantitative estimate of drug-likeness (QED) is 0.283. The molecule has 0 radical (unpaired) electrons. The predicted molar refractivity (Wildman–Crippen MR) is 123 cm³/mol. The number of benzene rings is 2. The monoisotopic (exact) mass is 422 g/mol. The molecular formula is C26H36Ge. The van der Waals surface area contributed by atoms with Gasteiger partial charge in [0.2, 0.25) is 0 Å². The summed E-state index contributed by atoms with van der Waals surface area (Å²) < 4.78 is 1.72. The van der Waals surface area contributed by atoms with Crippen LogP contribution in [0.15, 0.2) is 54.6 Å². The summed E-state index contributed by atoms with van der Waals surface area (Å²) in [5, 5.41) is 4.52. The van der Waals surface area contributed by atoms with Crippen molar-refractivity contribution < 1.29 is 0 Å². The molecule has 0 spiro atoms. The van der Waals surface area contributed by atoms with Crippen molar-refractivity contribution in [2.45, 2.75) is 75.1 Å². The average molecular weight is 421 g/mol. The molecule has 0 bridgehead atoms. The standard InChI is InChI=1S/C26H36Ge/c1-4-7-21-27(22-8-5-2,23-9-6-3)26-19-17-25(18-20-26)16-15-24-13-11-10-12-14-24/h10-14,17-20H,4-9,21-23H2,1-3H3. The second kappa shape index (κ2) is 12.1. The second-order valence-corrected chi connectivity index (χ2v) is 17.5. The third kappa shape index (κ3) is 6.89. The van der Waals surface area contributed by atoms with Crippen molar-refractivity contribution in [1.29, 1.82) is 0 Å². The van der Waals surface area contributed by atoms with E-state index >= 15 is 0 Å². The molecule has 0 amide bonds. The van der Waals surface area contributed by atoms with Crippen LogP contribution in [0.1, 0.15) is 70.4 Å². The fourth-order valence-electron chi connectivity index (χ4n) is 3.93. The maximum absolute atomic E-state index is 3.34. The maximum atomic E-state index is 3.34. The Morgan fingerprint density at radius 1 is 0.593 bits per heavy atom. The van der Waals surface area contributed by atoms with Crippen LogP contribution in [0.2, 0.25) is 15.8 Å². The topological polar surface area (TPSA) is 0 Å². The summed E-state index contributed by atoms with van der Waals surface area (Å²) in [7, 11) is 0. The van der Waals surface area contributed by atoms with E-state index in [9.17, 15) is 0 Å². The Morgan fingerprint density at radius 3 is 1.48 bits per heavy atom. The van der Waals surface area contributed by atoms with Gasteiger partial charge >= 0.3 is 170 Å². The van der Waals surface area contributed by atoms with Crippen molar-refractivity contribution in [1.82, 2.24) is 0 Å². The van der Waals surface area contributed by atoms with Crippen LogP contribution in [0, 0.1) is 11.8 Å². The van der Waals surface area contributed by atoms with Crippen LogP contribution >= 0.6 is 0 Å². The molecule has 0 fully saturated rings. The Bertz CT molecular complexity index is 682. The summed E-state index contributed by atoms with van der Waals surface area (Å²) in [5.74, 6) is 6.63. The van der Waals surface area contributed by atoms with Crippen molar-refractivity contribution in [2.75, 3.05) is 0 Å². The van der Waals surface area contributed by atoms with E-state index in [-0.39, 0.29) is 0 Å². The summed E-state index contributed by atoms with van der Waals surface area (Å²) in [5.41, 5.74) is 2.22. The van der Waals surface area contributed by atoms with Crippen molar-refractivity contribution in [3.63, 3.8) is 0 Å². The molecular weight excluding hydrogens is 385 g/mol. The zero-order valence-electron chi connectivity index (χ0n) is 17.6. The first-order valence-corrected chi connectivity index (χ1v) is 16.4. The molecule has 0 saturated carbocycles. The van der Waals surface area contributed by atoms with Gasteiger partial charge in [-0.3, -0.25) is 0 Å². The van der Waals surface area contributed by atoms with E-state index in [0.29, 0.717) is 0 Å². The fourth-order valence-corrected chi connectivity index (χ4v) is 15.6. The number of hydrogen-bond acceptors (Lipinski definition) is 0. The molecule has 0 atom stereocenters. The fraction of sp³-hybridized carbons (Fsp3) is 0.462. The summed E-state index contributed by atoms with van der Waals surface area (Å²) in [4.78, 5) is 0. The average Bonchev–Trinajstić information content (AvgIpc) is 2.73. The van der Waals surface area contributed by atoms with E-state index in [1.165, 1.54) is 54.3 Å². The van der Waals surface area contributed by atoms with Crippen molar-refractivity contribution >= 4 is 17.7 Å². The Kier molecular flexibility index (Phi) is 9.78.